The van der Waals surface area contributed by atoms with Crippen LogP contribution in [0.25, 0.3) is 0 Å². The van der Waals surface area contributed by atoms with Crippen LogP contribution in [0.3, 0.4) is 0 Å². The Balaban J connectivity index is 2.13. The molecular weight excluding hydrogens is 251 g/mol. The molecule has 0 amide bonds. The second kappa shape index (κ2) is 4.63. The lowest BCUT2D eigenvalue weighted by Crippen LogP contribution is -2.39. The number of rotatable bonds is 3. The maximum absolute atomic E-state index is 9.16. The number of nitrogens with zero attached hydrogens (tertiary/aromatic N) is 1. The van der Waals surface area contributed by atoms with E-state index in [9.17, 15) is 0 Å². The third-order valence-electron chi connectivity index (χ3n) is 2.52. The highest BCUT2D eigenvalue weighted by Crippen LogP contribution is 2.31. The summed E-state index contributed by atoms with van der Waals surface area (Å²) in [5, 5.41) is 13.1. The molecule has 0 spiro atoms. The van der Waals surface area contributed by atoms with Crippen molar-refractivity contribution in [2.45, 2.75) is 25.0 Å². The Morgan fingerprint density at radius 1 is 1.31 bits per heavy atom. The smallest absolute Gasteiger partial charge is 0.161 e. The summed E-state index contributed by atoms with van der Waals surface area (Å²) in [5.41, 5.74) is 2.39. The number of halogens is 2. The molecule has 1 aliphatic rings. The van der Waals surface area contributed by atoms with E-state index in [1.807, 2.05) is 0 Å². The van der Waals surface area contributed by atoms with Crippen LogP contribution in [0.4, 0.5) is 11.6 Å². The van der Waals surface area contributed by atoms with Gasteiger partial charge < -0.3 is 15.8 Å². The molecule has 0 saturated heterocycles. The second-order valence-corrected chi connectivity index (χ2v) is 4.57. The van der Waals surface area contributed by atoms with E-state index in [0.717, 1.165) is 0 Å². The van der Waals surface area contributed by atoms with Crippen molar-refractivity contribution in [2.24, 2.45) is 5.84 Å². The Labute approximate surface area is 103 Å². The number of pyridine rings is 1. The second-order valence-electron chi connectivity index (χ2n) is 3.76. The molecule has 1 aliphatic carbocycles. The largest absolute Gasteiger partial charge is 0.393 e. The Kier molecular flexibility index (Phi) is 3.39. The number of nitrogens with two attached hydrogens (primary N) is 1. The molecule has 16 heavy (non-hydrogen) atoms. The molecule has 5 N–H and O–H groups in total. The van der Waals surface area contributed by atoms with E-state index in [4.69, 9.17) is 34.2 Å². The van der Waals surface area contributed by atoms with E-state index in [2.05, 4.69) is 15.7 Å². The van der Waals surface area contributed by atoms with E-state index in [0.29, 0.717) is 34.5 Å². The van der Waals surface area contributed by atoms with Crippen LogP contribution < -0.4 is 16.6 Å². The fourth-order valence-corrected chi connectivity index (χ4v) is 2.04. The fourth-order valence-electron chi connectivity index (χ4n) is 1.57. The van der Waals surface area contributed by atoms with Crippen molar-refractivity contribution >= 4 is 34.8 Å². The van der Waals surface area contributed by atoms with Gasteiger partial charge in [0.25, 0.3) is 0 Å². The number of hydrogen-bond donors (Lipinski definition) is 4. The number of aliphatic hydroxyl groups excluding tert-OH is 1. The maximum atomic E-state index is 9.16. The van der Waals surface area contributed by atoms with Gasteiger partial charge in [0.2, 0.25) is 0 Å². The van der Waals surface area contributed by atoms with Crippen molar-refractivity contribution in [3.63, 3.8) is 0 Å². The molecule has 1 aromatic rings. The number of hydrazine groups is 1. The lowest BCUT2D eigenvalue weighted by molar-refractivity contribution is 0.0835. The molecule has 2 rings (SSSR count). The van der Waals surface area contributed by atoms with Crippen LogP contribution in [0.15, 0.2) is 6.07 Å². The molecule has 1 fully saturated rings. The average Bonchev–Trinajstić information content (AvgIpc) is 2.19. The van der Waals surface area contributed by atoms with Crippen LogP contribution in [0.5, 0.6) is 0 Å². The molecule has 0 aliphatic heterocycles. The Morgan fingerprint density at radius 2 is 1.94 bits per heavy atom. The number of aliphatic hydroxyl groups is 1. The standard InChI is InChI=1S/C9H12Cl2N4O/c10-6-3-7(11)9(15-12)14-8(6)13-4-1-5(16)2-4/h3-5,16H,1-2,12H2,(H2,13,14,15). The highest BCUT2D eigenvalue weighted by molar-refractivity contribution is 6.37. The van der Waals surface area contributed by atoms with Gasteiger partial charge in [-0.2, -0.15) is 0 Å². The zero-order chi connectivity index (χ0) is 11.7. The molecule has 7 heteroatoms. The predicted molar refractivity (Wildman–Crippen MR) is 64.7 cm³/mol. The van der Waals surface area contributed by atoms with Gasteiger partial charge in [0.1, 0.15) is 5.82 Å². The van der Waals surface area contributed by atoms with Gasteiger partial charge in [-0.25, -0.2) is 10.8 Å². The molecule has 0 aromatic carbocycles. The quantitative estimate of drug-likeness (QED) is 0.492. The molecule has 1 heterocycles. The van der Waals surface area contributed by atoms with Gasteiger partial charge in [0, 0.05) is 6.04 Å². The molecule has 1 aromatic heterocycles. The van der Waals surface area contributed by atoms with Gasteiger partial charge in [-0.05, 0) is 18.9 Å². The predicted octanol–water partition coefficient (Wildman–Crippen LogP) is 1.61. The SMILES string of the molecule is NNc1nc(NC2CC(O)C2)c(Cl)cc1Cl. The van der Waals surface area contributed by atoms with Crippen molar-refractivity contribution in [3.05, 3.63) is 16.1 Å². The third kappa shape index (κ3) is 2.32. The summed E-state index contributed by atoms with van der Waals surface area (Å²) in [5.74, 6) is 6.15. The summed E-state index contributed by atoms with van der Waals surface area (Å²) in [6, 6.07) is 1.77. The van der Waals surface area contributed by atoms with Crippen LogP contribution in [0, 0.1) is 0 Å². The van der Waals surface area contributed by atoms with Gasteiger partial charge in [0.15, 0.2) is 5.82 Å². The third-order valence-corrected chi connectivity index (χ3v) is 3.10. The summed E-state index contributed by atoms with van der Waals surface area (Å²) in [6.45, 7) is 0. The van der Waals surface area contributed by atoms with Crippen LogP contribution in [-0.4, -0.2) is 22.2 Å². The lowest BCUT2D eigenvalue weighted by atomic mass is 9.89. The first-order valence-corrected chi connectivity index (χ1v) is 5.63. The molecule has 5 nitrogen and oxygen atoms in total. The van der Waals surface area contributed by atoms with Crippen LogP contribution in [-0.2, 0) is 0 Å². The summed E-state index contributed by atoms with van der Waals surface area (Å²) in [6.07, 6.45) is 1.17. The summed E-state index contributed by atoms with van der Waals surface area (Å²) in [4.78, 5) is 4.14. The van der Waals surface area contributed by atoms with Crippen LogP contribution in [0.1, 0.15) is 12.8 Å². The molecule has 1 saturated carbocycles. The summed E-state index contributed by atoms with van der Waals surface area (Å²) >= 11 is 11.8. The Bertz CT molecular complexity index is 395. The van der Waals surface area contributed by atoms with E-state index in [-0.39, 0.29) is 12.1 Å². The molecule has 0 unspecified atom stereocenters. The first kappa shape index (κ1) is 11.7. The normalized spacial score (nSPS) is 23.8. The van der Waals surface area contributed by atoms with Gasteiger partial charge >= 0.3 is 0 Å². The molecular formula is C9H12Cl2N4O. The molecule has 0 radical (unpaired) electrons. The van der Waals surface area contributed by atoms with Gasteiger partial charge in [-0.15, -0.1) is 0 Å². The van der Waals surface area contributed by atoms with E-state index in [1.54, 1.807) is 6.07 Å². The zero-order valence-electron chi connectivity index (χ0n) is 8.37. The topological polar surface area (TPSA) is 83.2 Å². The molecule has 88 valence electrons. The minimum Gasteiger partial charge on any atom is -0.393 e. The summed E-state index contributed by atoms with van der Waals surface area (Å²) in [7, 11) is 0. The van der Waals surface area contributed by atoms with E-state index < -0.39 is 0 Å². The van der Waals surface area contributed by atoms with E-state index in [1.165, 1.54) is 0 Å². The first-order valence-electron chi connectivity index (χ1n) is 4.87. The monoisotopic (exact) mass is 262 g/mol. The molecule has 0 bridgehead atoms. The highest BCUT2D eigenvalue weighted by Gasteiger charge is 2.27. The Morgan fingerprint density at radius 3 is 2.50 bits per heavy atom. The number of aromatic nitrogens is 1. The number of nitrogen functional groups attached to an aromatic ring is 1. The lowest BCUT2D eigenvalue weighted by Gasteiger charge is -2.32. The van der Waals surface area contributed by atoms with E-state index >= 15 is 0 Å². The number of hydrogen-bond acceptors (Lipinski definition) is 5. The average molecular weight is 263 g/mol. The first-order chi connectivity index (χ1) is 7.60. The minimum absolute atomic E-state index is 0.201. The van der Waals surface area contributed by atoms with Crippen molar-refractivity contribution in [3.8, 4) is 0 Å². The molecule has 0 atom stereocenters. The highest BCUT2D eigenvalue weighted by atomic mass is 35.5. The number of anilines is 2. The van der Waals surface area contributed by atoms with Crippen LogP contribution >= 0.6 is 23.2 Å². The number of nitrogens with one attached hydrogen (secondary N) is 2. The van der Waals surface area contributed by atoms with Crippen molar-refractivity contribution in [2.75, 3.05) is 10.7 Å². The van der Waals surface area contributed by atoms with Crippen molar-refractivity contribution < 1.29 is 5.11 Å². The van der Waals surface area contributed by atoms with Crippen molar-refractivity contribution in [1.29, 1.82) is 0 Å². The summed E-state index contributed by atoms with van der Waals surface area (Å²) < 4.78 is 0. The Hall–Kier alpha value is -0.750. The fraction of sp³-hybridized carbons (Fsp3) is 0.444. The van der Waals surface area contributed by atoms with Crippen LogP contribution in [0.2, 0.25) is 10.0 Å². The maximum Gasteiger partial charge on any atom is 0.161 e. The van der Waals surface area contributed by atoms with Crippen molar-refractivity contribution in [1.82, 2.24) is 4.98 Å². The van der Waals surface area contributed by atoms with Gasteiger partial charge in [-0.1, -0.05) is 23.2 Å². The van der Waals surface area contributed by atoms with Gasteiger partial charge in [0.05, 0.1) is 16.1 Å². The zero-order valence-corrected chi connectivity index (χ0v) is 9.89. The minimum atomic E-state index is -0.226. The van der Waals surface area contributed by atoms with Gasteiger partial charge in [-0.3, -0.25) is 0 Å².